The molecule has 1 aromatic carbocycles. The molecule has 1 aliphatic heterocycles. The lowest BCUT2D eigenvalue weighted by molar-refractivity contribution is -0.192. The number of aryl methyl sites for hydroxylation is 1. The highest BCUT2D eigenvalue weighted by atomic mass is 19.4. The fraction of sp³-hybridized carbons (Fsp3) is 0.296. The lowest BCUT2D eigenvalue weighted by Crippen LogP contribution is -2.49. The number of nitrogens with zero attached hydrogens (tertiary/aromatic N) is 4. The molecule has 1 fully saturated rings. The molecule has 9 nitrogen and oxygen atoms in total. The molecule has 0 bridgehead atoms. The first-order valence-electron chi connectivity index (χ1n) is 12.0. The van der Waals surface area contributed by atoms with Gasteiger partial charge in [0, 0.05) is 25.8 Å². The van der Waals surface area contributed by atoms with Gasteiger partial charge in [-0.3, -0.25) is 14.1 Å². The zero-order valence-corrected chi connectivity index (χ0v) is 21.5. The number of fused-ring (bicyclic) bond motifs is 1. The van der Waals surface area contributed by atoms with Gasteiger partial charge in [0.25, 0.3) is 5.91 Å². The van der Waals surface area contributed by atoms with Crippen LogP contribution in [0.2, 0.25) is 0 Å². The molecular weight excluding hydrogens is 517 g/mol. The molecule has 39 heavy (non-hydrogen) atoms. The number of hydrogen-bond donors (Lipinski definition) is 1. The van der Waals surface area contributed by atoms with Gasteiger partial charge in [-0.25, -0.2) is 9.78 Å². The van der Waals surface area contributed by atoms with Crippen LogP contribution in [-0.4, -0.2) is 76.1 Å². The van der Waals surface area contributed by atoms with Crippen molar-refractivity contribution in [2.75, 3.05) is 33.8 Å². The van der Waals surface area contributed by atoms with Gasteiger partial charge in [-0.2, -0.15) is 13.2 Å². The Morgan fingerprint density at radius 3 is 2.38 bits per heavy atom. The molecule has 0 saturated carbocycles. The van der Waals surface area contributed by atoms with Crippen molar-refractivity contribution in [3.8, 4) is 17.0 Å². The summed E-state index contributed by atoms with van der Waals surface area (Å²) in [5, 5.41) is 7.12. The Morgan fingerprint density at radius 2 is 1.79 bits per heavy atom. The Labute approximate surface area is 222 Å². The van der Waals surface area contributed by atoms with Crippen LogP contribution in [0.4, 0.5) is 13.2 Å². The van der Waals surface area contributed by atoms with Crippen molar-refractivity contribution in [1.82, 2.24) is 19.2 Å². The predicted octanol–water partition coefficient (Wildman–Crippen LogP) is 4.67. The predicted molar refractivity (Wildman–Crippen MR) is 136 cm³/mol. The summed E-state index contributed by atoms with van der Waals surface area (Å²) in [4.78, 5) is 31.0. The molecule has 1 N–H and O–H groups in total. The van der Waals surface area contributed by atoms with E-state index in [9.17, 15) is 18.0 Å². The number of carbonyl (C=O) groups excluding carboxylic acids is 1. The van der Waals surface area contributed by atoms with E-state index >= 15 is 0 Å². The van der Waals surface area contributed by atoms with E-state index in [4.69, 9.17) is 24.0 Å². The highest BCUT2D eigenvalue weighted by molar-refractivity contribution is 5.95. The fourth-order valence-corrected chi connectivity index (χ4v) is 4.34. The minimum absolute atomic E-state index is 0.0111. The second kappa shape index (κ2) is 11.2. The Balaban J connectivity index is 0.000000448. The summed E-state index contributed by atoms with van der Waals surface area (Å²) >= 11 is 0. The third-order valence-corrected chi connectivity index (χ3v) is 6.50. The molecule has 4 aromatic rings. The van der Waals surface area contributed by atoms with Crippen LogP contribution < -0.4 is 4.74 Å². The number of alkyl halides is 3. The highest BCUT2D eigenvalue weighted by Gasteiger charge is 2.38. The molecule has 4 heterocycles. The van der Waals surface area contributed by atoms with Crippen LogP contribution in [0.25, 0.3) is 16.9 Å². The molecule has 1 amide bonds. The normalized spacial score (nSPS) is 16.1. The van der Waals surface area contributed by atoms with Crippen LogP contribution in [0.1, 0.15) is 27.9 Å². The van der Waals surface area contributed by atoms with Crippen molar-refractivity contribution >= 4 is 17.5 Å². The van der Waals surface area contributed by atoms with Gasteiger partial charge >= 0.3 is 12.1 Å². The number of piperazine rings is 1. The first kappa shape index (κ1) is 27.7. The molecule has 0 radical (unpaired) electrons. The average molecular weight is 545 g/mol. The van der Waals surface area contributed by atoms with Crippen molar-refractivity contribution in [2.45, 2.75) is 19.1 Å². The van der Waals surface area contributed by atoms with Crippen LogP contribution in [0.5, 0.6) is 5.75 Å². The monoisotopic (exact) mass is 544 g/mol. The molecule has 1 atom stereocenters. The van der Waals surface area contributed by atoms with Gasteiger partial charge in [0.05, 0.1) is 36.4 Å². The third-order valence-electron chi connectivity index (χ3n) is 6.50. The molecular formula is C27H27F3N4O5. The number of carbonyl (C=O) groups is 2. The number of imidazole rings is 1. The maximum absolute atomic E-state index is 13.0. The molecule has 206 valence electrons. The Hall–Kier alpha value is -4.32. The van der Waals surface area contributed by atoms with E-state index in [2.05, 4.69) is 28.6 Å². The number of pyridine rings is 1. The van der Waals surface area contributed by atoms with Crippen LogP contribution in [0.15, 0.2) is 65.4 Å². The summed E-state index contributed by atoms with van der Waals surface area (Å²) in [6.07, 6.45) is -1.42. The van der Waals surface area contributed by atoms with Crippen LogP contribution in [0.3, 0.4) is 0 Å². The molecule has 1 aliphatic rings. The molecule has 0 aliphatic carbocycles. The molecule has 1 saturated heterocycles. The maximum atomic E-state index is 13.0. The molecule has 1 unspecified atom stereocenters. The summed E-state index contributed by atoms with van der Waals surface area (Å²) in [7, 11) is 3.75. The van der Waals surface area contributed by atoms with Gasteiger partial charge in [-0.15, -0.1) is 0 Å². The second-order valence-corrected chi connectivity index (χ2v) is 8.97. The quantitative estimate of drug-likeness (QED) is 0.398. The maximum Gasteiger partial charge on any atom is 0.490 e. The van der Waals surface area contributed by atoms with E-state index in [-0.39, 0.29) is 11.9 Å². The fourth-order valence-electron chi connectivity index (χ4n) is 4.34. The van der Waals surface area contributed by atoms with Crippen molar-refractivity contribution in [2.24, 2.45) is 0 Å². The summed E-state index contributed by atoms with van der Waals surface area (Å²) in [5.41, 5.74) is 4.62. The number of carboxylic acid groups (broad SMARTS) is 1. The number of ether oxygens (including phenoxy) is 1. The SMILES string of the molecule is COc1ccc(-c2cccc3nc(C4CN(C(=O)c5ccoc5C)CCN4C)cn23)cc1.O=C(O)C(F)(F)F. The number of carboxylic acids is 1. The number of furan rings is 1. The Morgan fingerprint density at radius 1 is 1.10 bits per heavy atom. The number of methoxy groups -OCH3 is 1. The number of aliphatic carboxylic acids is 1. The molecule has 3 aromatic heterocycles. The van der Waals surface area contributed by atoms with E-state index < -0.39 is 12.1 Å². The minimum Gasteiger partial charge on any atom is -0.497 e. The van der Waals surface area contributed by atoms with Crippen molar-refractivity contribution in [3.05, 3.63) is 78.0 Å². The summed E-state index contributed by atoms with van der Waals surface area (Å²) in [6.45, 7) is 3.87. The van der Waals surface area contributed by atoms with Crippen molar-refractivity contribution in [1.29, 1.82) is 0 Å². The summed E-state index contributed by atoms with van der Waals surface area (Å²) in [5.74, 6) is -1.26. The number of benzene rings is 1. The Bertz CT molecular complexity index is 1460. The molecule has 5 rings (SSSR count). The molecule has 0 spiro atoms. The van der Waals surface area contributed by atoms with E-state index in [1.54, 1.807) is 19.4 Å². The van der Waals surface area contributed by atoms with E-state index in [1.165, 1.54) is 0 Å². The van der Waals surface area contributed by atoms with Crippen LogP contribution in [-0.2, 0) is 4.79 Å². The van der Waals surface area contributed by atoms with Crippen molar-refractivity contribution in [3.63, 3.8) is 0 Å². The van der Waals surface area contributed by atoms with E-state index in [1.807, 2.05) is 48.2 Å². The topological polar surface area (TPSA) is 101 Å². The summed E-state index contributed by atoms with van der Waals surface area (Å²) in [6, 6.07) is 15.9. The summed E-state index contributed by atoms with van der Waals surface area (Å²) < 4.78 is 44.5. The number of halogens is 3. The largest absolute Gasteiger partial charge is 0.497 e. The van der Waals surface area contributed by atoms with Crippen molar-refractivity contribution < 1.29 is 37.0 Å². The molecule has 12 heteroatoms. The van der Waals surface area contributed by atoms with Gasteiger partial charge < -0.3 is 19.2 Å². The number of amides is 1. The zero-order valence-electron chi connectivity index (χ0n) is 21.5. The standard InChI is InChI=1S/C25H26N4O3.C2HF3O2/c1-17-20(11-14-32-17)25(30)28-13-12-27(2)23(16-28)21-15-29-22(5-4-6-24(29)26-21)18-7-9-19(31-3)10-8-18;3-2(4,5)1(6)7/h4-11,14-15,23H,12-13,16H2,1-3H3;(H,6,7). The highest BCUT2D eigenvalue weighted by Crippen LogP contribution is 2.29. The number of hydrogen-bond acceptors (Lipinski definition) is 6. The first-order chi connectivity index (χ1) is 18.5. The second-order valence-electron chi connectivity index (χ2n) is 8.97. The van der Waals surface area contributed by atoms with Crippen LogP contribution in [0, 0.1) is 6.92 Å². The van der Waals surface area contributed by atoms with Gasteiger partial charge in [0.15, 0.2) is 0 Å². The third kappa shape index (κ3) is 6.06. The first-order valence-corrected chi connectivity index (χ1v) is 12.0. The number of aromatic nitrogens is 2. The smallest absolute Gasteiger partial charge is 0.490 e. The van der Waals surface area contributed by atoms with Gasteiger partial charge in [0.1, 0.15) is 17.2 Å². The van der Waals surface area contributed by atoms with E-state index in [0.29, 0.717) is 24.4 Å². The van der Waals surface area contributed by atoms with Crippen LogP contribution >= 0.6 is 0 Å². The Kier molecular flexibility index (Phi) is 7.95. The van der Waals surface area contributed by atoms with E-state index in [0.717, 1.165) is 34.9 Å². The van der Waals surface area contributed by atoms with Gasteiger partial charge in [0.2, 0.25) is 0 Å². The lowest BCUT2D eigenvalue weighted by Gasteiger charge is -2.38. The average Bonchev–Trinajstić information content (AvgIpc) is 3.54. The lowest BCUT2D eigenvalue weighted by atomic mass is 10.1. The number of rotatable bonds is 4. The zero-order chi connectivity index (χ0) is 28.3. The van der Waals surface area contributed by atoms with Gasteiger partial charge in [-0.1, -0.05) is 6.07 Å². The number of likely N-dealkylation sites (N-methyl/N-ethyl adjacent to an activating group) is 1. The van der Waals surface area contributed by atoms with Gasteiger partial charge in [-0.05, 0) is 62.0 Å². The minimum atomic E-state index is -5.08.